The molecular formula is C17H19N3. The highest BCUT2D eigenvalue weighted by atomic mass is 15.1. The van der Waals surface area contributed by atoms with Gasteiger partial charge >= 0.3 is 0 Å². The Bertz CT molecular complexity index is 616. The smallest absolute Gasteiger partial charge is 0.0598 e. The fourth-order valence-electron chi connectivity index (χ4n) is 2.83. The molecule has 0 amide bonds. The summed E-state index contributed by atoms with van der Waals surface area (Å²) in [5, 5.41) is 6.11. The minimum Gasteiger partial charge on any atom is -0.382 e. The summed E-state index contributed by atoms with van der Waals surface area (Å²) in [7, 11) is 0. The fraction of sp³-hybridized carbons (Fsp3) is 0.353. The Morgan fingerprint density at radius 2 is 2.15 bits per heavy atom. The van der Waals surface area contributed by atoms with Gasteiger partial charge in [0, 0.05) is 48.0 Å². The van der Waals surface area contributed by atoms with Gasteiger partial charge in [0.25, 0.3) is 0 Å². The number of fused-ring (bicyclic) bond motifs is 1. The van der Waals surface area contributed by atoms with Crippen molar-refractivity contribution in [2.24, 2.45) is 0 Å². The summed E-state index contributed by atoms with van der Waals surface area (Å²) in [5.74, 6) is 2.72. The van der Waals surface area contributed by atoms with Gasteiger partial charge in [-0.3, -0.25) is 9.88 Å². The van der Waals surface area contributed by atoms with E-state index in [1.54, 1.807) is 0 Å². The Morgan fingerprint density at radius 1 is 1.30 bits per heavy atom. The lowest BCUT2D eigenvalue weighted by atomic mass is 10.0. The van der Waals surface area contributed by atoms with Crippen LogP contribution in [0, 0.1) is 12.3 Å². The van der Waals surface area contributed by atoms with E-state index in [-0.39, 0.29) is 0 Å². The monoisotopic (exact) mass is 265 g/mol. The lowest BCUT2D eigenvalue weighted by molar-refractivity contribution is 0.243. The van der Waals surface area contributed by atoms with E-state index >= 15 is 0 Å². The molecule has 0 atom stereocenters. The topological polar surface area (TPSA) is 28.2 Å². The van der Waals surface area contributed by atoms with Gasteiger partial charge in [0.1, 0.15) is 0 Å². The predicted octanol–water partition coefficient (Wildman–Crippen LogP) is 2.74. The van der Waals surface area contributed by atoms with Crippen molar-refractivity contribution in [3.05, 3.63) is 36.7 Å². The molecule has 1 aromatic heterocycles. The van der Waals surface area contributed by atoms with Gasteiger partial charge in [-0.1, -0.05) is 18.1 Å². The number of benzene rings is 1. The zero-order chi connectivity index (χ0) is 13.8. The molecule has 20 heavy (non-hydrogen) atoms. The van der Waals surface area contributed by atoms with Crippen LogP contribution < -0.4 is 5.32 Å². The number of piperidine rings is 1. The van der Waals surface area contributed by atoms with E-state index in [9.17, 15) is 0 Å². The molecule has 0 unspecified atom stereocenters. The second-order valence-corrected chi connectivity index (χ2v) is 5.30. The van der Waals surface area contributed by atoms with Gasteiger partial charge in [0.2, 0.25) is 0 Å². The molecule has 0 bridgehead atoms. The maximum atomic E-state index is 5.37. The normalized spacial score (nSPS) is 16.9. The molecule has 1 N–H and O–H groups in total. The van der Waals surface area contributed by atoms with Gasteiger partial charge in [-0.05, 0) is 25.0 Å². The second kappa shape index (κ2) is 5.94. The van der Waals surface area contributed by atoms with E-state index < -0.39 is 0 Å². The molecule has 0 aliphatic carbocycles. The number of nitrogens with one attached hydrogen (secondary N) is 1. The van der Waals surface area contributed by atoms with Gasteiger partial charge < -0.3 is 5.32 Å². The number of rotatable bonds is 3. The lowest BCUT2D eigenvalue weighted by Crippen LogP contribution is -2.39. The quantitative estimate of drug-likeness (QED) is 0.865. The Balaban J connectivity index is 1.70. The Hall–Kier alpha value is -2.05. The fourth-order valence-corrected chi connectivity index (χ4v) is 2.83. The Morgan fingerprint density at radius 3 is 2.95 bits per heavy atom. The zero-order valence-corrected chi connectivity index (χ0v) is 11.5. The number of anilines is 1. The summed E-state index contributed by atoms with van der Waals surface area (Å²) in [6.07, 6.45) is 11.4. The van der Waals surface area contributed by atoms with Crippen molar-refractivity contribution in [2.45, 2.75) is 18.9 Å². The highest BCUT2D eigenvalue weighted by Crippen LogP contribution is 2.24. The van der Waals surface area contributed by atoms with E-state index in [1.807, 2.05) is 12.4 Å². The van der Waals surface area contributed by atoms with Crippen molar-refractivity contribution >= 4 is 16.5 Å². The minimum absolute atomic E-state index is 0.530. The summed E-state index contributed by atoms with van der Waals surface area (Å²) in [6.45, 7) is 2.93. The molecule has 1 saturated heterocycles. The van der Waals surface area contributed by atoms with Crippen molar-refractivity contribution in [1.29, 1.82) is 0 Å². The van der Waals surface area contributed by atoms with E-state index in [0.717, 1.165) is 32.5 Å². The number of aromatic nitrogens is 1. The number of likely N-dealkylation sites (tertiary alicyclic amines) is 1. The summed E-state index contributed by atoms with van der Waals surface area (Å²) in [5.41, 5.74) is 1.21. The van der Waals surface area contributed by atoms with Crippen molar-refractivity contribution in [2.75, 3.05) is 25.0 Å². The molecule has 1 aromatic carbocycles. The van der Waals surface area contributed by atoms with Crippen LogP contribution in [0.5, 0.6) is 0 Å². The summed E-state index contributed by atoms with van der Waals surface area (Å²) in [6, 6.07) is 8.94. The third-order valence-electron chi connectivity index (χ3n) is 3.94. The number of hydrogen-bond donors (Lipinski definition) is 1. The number of pyridine rings is 1. The largest absolute Gasteiger partial charge is 0.382 e. The van der Waals surface area contributed by atoms with Crippen LogP contribution in [0.1, 0.15) is 12.8 Å². The first-order valence-electron chi connectivity index (χ1n) is 7.12. The molecule has 2 aromatic rings. The van der Waals surface area contributed by atoms with Crippen LogP contribution >= 0.6 is 0 Å². The number of terminal acetylenes is 1. The Kier molecular flexibility index (Phi) is 3.85. The van der Waals surface area contributed by atoms with Gasteiger partial charge in [-0.2, -0.15) is 0 Å². The molecule has 2 heterocycles. The molecule has 102 valence electrons. The highest BCUT2D eigenvalue weighted by molar-refractivity contribution is 5.93. The average Bonchev–Trinajstić information content (AvgIpc) is 2.50. The third-order valence-corrected chi connectivity index (χ3v) is 3.94. The summed E-state index contributed by atoms with van der Waals surface area (Å²) >= 11 is 0. The SMILES string of the molecule is C#CCN1CCC(Nc2cccc3cnccc23)CC1. The van der Waals surface area contributed by atoms with E-state index in [4.69, 9.17) is 6.42 Å². The number of nitrogens with zero attached hydrogens (tertiary/aromatic N) is 2. The van der Waals surface area contributed by atoms with Crippen molar-refractivity contribution in [3.8, 4) is 12.3 Å². The van der Waals surface area contributed by atoms with Gasteiger partial charge in [0.05, 0.1) is 6.54 Å². The second-order valence-electron chi connectivity index (χ2n) is 5.30. The molecule has 1 aliphatic rings. The third kappa shape index (κ3) is 2.76. The van der Waals surface area contributed by atoms with Crippen molar-refractivity contribution in [1.82, 2.24) is 9.88 Å². The van der Waals surface area contributed by atoms with E-state index in [2.05, 4.69) is 45.4 Å². The van der Waals surface area contributed by atoms with Crippen LogP contribution in [-0.2, 0) is 0 Å². The molecule has 3 heteroatoms. The first-order chi connectivity index (χ1) is 9.86. The zero-order valence-electron chi connectivity index (χ0n) is 11.5. The maximum Gasteiger partial charge on any atom is 0.0598 e. The van der Waals surface area contributed by atoms with E-state index in [1.165, 1.54) is 16.5 Å². The molecule has 0 radical (unpaired) electrons. The molecule has 0 saturated carbocycles. The molecule has 1 aliphatic heterocycles. The van der Waals surface area contributed by atoms with Crippen LogP contribution in [0.3, 0.4) is 0 Å². The molecule has 3 nitrogen and oxygen atoms in total. The average molecular weight is 265 g/mol. The van der Waals surface area contributed by atoms with Gasteiger partial charge in [-0.25, -0.2) is 0 Å². The number of hydrogen-bond acceptors (Lipinski definition) is 3. The van der Waals surface area contributed by atoms with Crippen LogP contribution in [0.25, 0.3) is 10.8 Å². The molecule has 0 spiro atoms. The minimum atomic E-state index is 0.530. The molecular weight excluding hydrogens is 246 g/mol. The van der Waals surface area contributed by atoms with Gasteiger partial charge in [-0.15, -0.1) is 6.42 Å². The van der Waals surface area contributed by atoms with E-state index in [0.29, 0.717) is 6.04 Å². The molecule has 3 rings (SSSR count). The predicted molar refractivity (Wildman–Crippen MR) is 83.7 cm³/mol. The first-order valence-corrected chi connectivity index (χ1v) is 7.12. The highest BCUT2D eigenvalue weighted by Gasteiger charge is 2.18. The molecule has 1 fully saturated rings. The maximum absolute atomic E-state index is 5.37. The lowest BCUT2D eigenvalue weighted by Gasteiger charge is -2.31. The Labute approximate surface area is 120 Å². The van der Waals surface area contributed by atoms with Crippen LogP contribution in [0.4, 0.5) is 5.69 Å². The summed E-state index contributed by atoms with van der Waals surface area (Å²) in [4.78, 5) is 6.52. The van der Waals surface area contributed by atoms with Gasteiger partial charge in [0.15, 0.2) is 0 Å². The van der Waals surface area contributed by atoms with Crippen LogP contribution in [0.15, 0.2) is 36.7 Å². The van der Waals surface area contributed by atoms with Crippen molar-refractivity contribution < 1.29 is 0 Å². The van der Waals surface area contributed by atoms with Crippen LogP contribution in [0.2, 0.25) is 0 Å². The standard InChI is InChI=1S/C17H19N3/c1-2-10-20-11-7-15(8-12-20)19-17-5-3-4-14-13-18-9-6-16(14)17/h1,3-6,9,13,15,19H,7-8,10-12H2. The van der Waals surface area contributed by atoms with Crippen molar-refractivity contribution in [3.63, 3.8) is 0 Å². The van der Waals surface area contributed by atoms with Crippen LogP contribution in [-0.4, -0.2) is 35.6 Å². The summed E-state index contributed by atoms with van der Waals surface area (Å²) < 4.78 is 0. The first kappa shape index (κ1) is 13.0.